The molecule has 2 N–H and O–H groups in total. The zero-order valence-electron chi connectivity index (χ0n) is 12.8. The molecule has 0 aliphatic carbocycles. The van der Waals surface area contributed by atoms with E-state index in [1.54, 1.807) is 0 Å². The Morgan fingerprint density at radius 2 is 1.91 bits per heavy atom. The average Bonchev–Trinajstić information content (AvgIpc) is 2.45. The molecule has 0 atom stereocenters. The third-order valence-corrected chi connectivity index (χ3v) is 3.04. The van der Waals surface area contributed by atoms with Gasteiger partial charge in [0.15, 0.2) is 6.61 Å². The lowest BCUT2D eigenvalue weighted by atomic mass is 9.87. The third-order valence-electron chi connectivity index (χ3n) is 3.04. The van der Waals surface area contributed by atoms with Crippen LogP contribution in [0.1, 0.15) is 26.3 Å². The number of hydrogen-bond donors (Lipinski definition) is 2. The van der Waals surface area contributed by atoms with Gasteiger partial charge in [-0.05, 0) is 29.2 Å². The Balaban J connectivity index is 1.90. The number of carbonyl (C=O) groups is 1. The Hall–Kier alpha value is -2.63. The molecule has 0 unspecified atom stereocenters. The van der Waals surface area contributed by atoms with E-state index in [1.807, 2.05) is 24.3 Å². The number of hydrogen-bond acceptors (Lipinski definition) is 4. The molecule has 0 aliphatic rings. The Bertz CT molecular complexity index is 700. The second kappa shape index (κ2) is 6.43. The van der Waals surface area contributed by atoms with Crippen LogP contribution < -0.4 is 15.7 Å². The van der Waals surface area contributed by atoms with Crippen molar-refractivity contribution >= 4 is 11.7 Å². The van der Waals surface area contributed by atoms with Crippen molar-refractivity contribution in [2.75, 3.05) is 11.9 Å². The number of aromatic nitrogens is 2. The number of benzene rings is 1. The molecular formula is C16H19N3O3. The molecule has 0 fully saturated rings. The summed E-state index contributed by atoms with van der Waals surface area (Å²) in [5.74, 6) is 0.546. The highest BCUT2D eigenvalue weighted by Crippen LogP contribution is 2.24. The highest BCUT2D eigenvalue weighted by atomic mass is 16.5. The first kappa shape index (κ1) is 15.8. The first-order chi connectivity index (χ1) is 10.3. The fraction of sp³-hybridized carbons (Fsp3) is 0.312. The maximum atomic E-state index is 11.7. The van der Waals surface area contributed by atoms with Crippen LogP contribution in [-0.2, 0) is 10.2 Å². The summed E-state index contributed by atoms with van der Waals surface area (Å²) in [6.45, 7) is 6.25. The van der Waals surface area contributed by atoms with E-state index in [9.17, 15) is 9.59 Å². The summed E-state index contributed by atoms with van der Waals surface area (Å²) in [6.07, 6.45) is 1.32. The van der Waals surface area contributed by atoms with Gasteiger partial charge in [-0.25, -0.2) is 9.78 Å². The van der Waals surface area contributed by atoms with Gasteiger partial charge in [0, 0.05) is 6.20 Å². The SMILES string of the molecule is CC(C)(C)c1ccc(OCC(=O)Nc2ccnc(=O)[nH]2)cc1. The largest absolute Gasteiger partial charge is 0.484 e. The van der Waals surface area contributed by atoms with Crippen LogP contribution in [0.15, 0.2) is 41.3 Å². The number of nitrogens with one attached hydrogen (secondary N) is 2. The van der Waals surface area contributed by atoms with Crippen LogP contribution in [0, 0.1) is 0 Å². The van der Waals surface area contributed by atoms with Gasteiger partial charge in [0.05, 0.1) is 0 Å². The van der Waals surface area contributed by atoms with Gasteiger partial charge in [-0.3, -0.25) is 9.78 Å². The number of nitrogens with zero attached hydrogens (tertiary/aromatic N) is 1. The van der Waals surface area contributed by atoms with Crippen LogP contribution in [0.5, 0.6) is 5.75 Å². The number of aromatic amines is 1. The lowest BCUT2D eigenvalue weighted by Gasteiger charge is -2.19. The first-order valence-corrected chi connectivity index (χ1v) is 6.93. The molecule has 116 valence electrons. The summed E-state index contributed by atoms with van der Waals surface area (Å²) < 4.78 is 5.42. The summed E-state index contributed by atoms with van der Waals surface area (Å²) in [5.41, 5.74) is 0.749. The highest BCUT2D eigenvalue weighted by Gasteiger charge is 2.13. The van der Waals surface area contributed by atoms with Crippen molar-refractivity contribution in [3.05, 3.63) is 52.6 Å². The number of H-pyrrole nitrogens is 1. The molecule has 0 spiro atoms. The minimum Gasteiger partial charge on any atom is -0.484 e. The van der Waals surface area contributed by atoms with Gasteiger partial charge in [-0.15, -0.1) is 0 Å². The zero-order chi connectivity index (χ0) is 16.2. The smallest absolute Gasteiger partial charge is 0.346 e. The van der Waals surface area contributed by atoms with Gasteiger partial charge < -0.3 is 10.1 Å². The molecule has 2 aromatic rings. The highest BCUT2D eigenvalue weighted by molar-refractivity contribution is 5.90. The van der Waals surface area contributed by atoms with Crippen molar-refractivity contribution in [3.63, 3.8) is 0 Å². The topological polar surface area (TPSA) is 84.1 Å². The summed E-state index contributed by atoms with van der Waals surface area (Å²) in [6, 6.07) is 9.13. The molecule has 1 heterocycles. The molecule has 2 rings (SSSR count). The van der Waals surface area contributed by atoms with E-state index in [2.05, 4.69) is 36.1 Å². The number of amides is 1. The molecule has 1 amide bonds. The molecule has 1 aromatic heterocycles. The summed E-state index contributed by atoms with van der Waals surface area (Å²) >= 11 is 0. The van der Waals surface area contributed by atoms with Gasteiger partial charge in [-0.1, -0.05) is 32.9 Å². The van der Waals surface area contributed by atoms with Crippen LogP contribution >= 0.6 is 0 Å². The van der Waals surface area contributed by atoms with Gasteiger partial charge in [-0.2, -0.15) is 0 Å². The van der Waals surface area contributed by atoms with Crippen LogP contribution in [0.25, 0.3) is 0 Å². The summed E-state index contributed by atoms with van der Waals surface area (Å²) in [7, 11) is 0. The predicted molar refractivity (Wildman–Crippen MR) is 84.1 cm³/mol. The molecule has 6 heteroatoms. The summed E-state index contributed by atoms with van der Waals surface area (Å²) in [4.78, 5) is 28.6. The normalized spacial score (nSPS) is 11.0. The van der Waals surface area contributed by atoms with Crippen LogP contribution in [0.2, 0.25) is 0 Å². The standard InChI is InChI=1S/C16H19N3O3/c1-16(2,3)11-4-6-12(7-5-11)22-10-14(20)18-13-8-9-17-15(21)19-13/h4-9H,10H2,1-3H3,(H2,17,18,19,20,21). The monoisotopic (exact) mass is 301 g/mol. The Morgan fingerprint density at radius 1 is 1.23 bits per heavy atom. The minimum absolute atomic E-state index is 0.0725. The Labute approximate surface area is 128 Å². The molecule has 0 aliphatic heterocycles. The van der Waals surface area contributed by atoms with E-state index in [4.69, 9.17) is 4.74 Å². The predicted octanol–water partition coefficient (Wildman–Crippen LogP) is 2.08. The number of rotatable bonds is 4. The second-order valence-corrected chi connectivity index (χ2v) is 5.90. The van der Waals surface area contributed by atoms with Crippen molar-refractivity contribution in [1.29, 1.82) is 0 Å². The second-order valence-electron chi connectivity index (χ2n) is 5.90. The van der Waals surface area contributed by atoms with Crippen molar-refractivity contribution in [2.45, 2.75) is 26.2 Å². The van der Waals surface area contributed by atoms with Crippen molar-refractivity contribution in [3.8, 4) is 5.75 Å². The van der Waals surface area contributed by atoms with Gasteiger partial charge in [0.1, 0.15) is 11.6 Å². The van der Waals surface area contributed by atoms with E-state index < -0.39 is 5.69 Å². The molecule has 22 heavy (non-hydrogen) atoms. The maximum absolute atomic E-state index is 11.7. The van der Waals surface area contributed by atoms with Gasteiger partial charge in [0.25, 0.3) is 5.91 Å². The lowest BCUT2D eigenvalue weighted by molar-refractivity contribution is -0.118. The molecule has 6 nitrogen and oxygen atoms in total. The van der Waals surface area contributed by atoms with Crippen LogP contribution in [0.3, 0.4) is 0 Å². The van der Waals surface area contributed by atoms with Crippen LogP contribution in [-0.4, -0.2) is 22.5 Å². The van der Waals surface area contributed by atoms with E-state index in [0.29, 0.717) is 5.75 Å². The van der Waals surface area contributed by atoms with Crippen molar-refractivity contribution < 1.29 is 9.53 Å². The minimum atomic E-state index is -0.517. The van der Waals surface area contributed by atoms with E-state index >= 15 is 0 Å². The zero-order valence-corrected chi connectivity index (χ0v) is 12.8. The molecule has 0 saturated carbocycles. The molecule has 1 aromatic carbocycles. The molecular weight excluding hydrogens is 282 g/mol. The van der Waals surface area contributed by atoms with E-state index in [0.717, 1.165) is 0 Å². The van der Waals surface area contributed by atoms with Crippen molar-refractivity contribution in [2.24, 2.45) is 0 Å². The summed E-state index contributed by atoms with van der Waals surface area (Å²) in [5, 5.41) is 2.53. The van der Waals surface area contributed by atoms with Gasteiger partial charge >= 0.3 is 5.69 Å². The first-order valence-electron chi connectivity index (χ1n) is 6.93. The average molecular weight is 301 g/mol. The Morgan fingerprint density at radius 3 is 2.50 bits per heavy atom. The number of ether oxygens (including phenoxy) is 1. The fourth-order valence-electron chi connectivity index (χ4n) is 1.83. The molecule has 0 bridgehead atoms. The molecule has 0 saturated heterocycles. The van der Waals surface area contributed by atoms with Crippen LogP contribution in [0.4, 0.5) is 5.82 Å². The van der Waals surface area contributed by atoms with Crippen molar-refractivity contribution in [1.82, 2.24) is 9.97 Å². The maximum Gasteiger partial charge on any atom is 0.346 e. The van der Waals surface area contributed by atoms with E-state index in [-0.39, 0.29) is 23.7 Å². The number of anilines is 1. The van der Waals surface area contributed by atoms with Gasteiger partial charge in [0.2, 0.25) is 0 Å². The Kier molecular flexibility index (Phi) is 4.60. The quantitative estimate of drug-likeness (QED) is 0.905. The fourth-order valence-corrected chi connectivity index (χ4v) is 1.83. The van der Waals surface area contributed by atoms with E-state index in [1.165, 1.54) is 17.8 Å². The lowest BCUT2D eigenvalue weighted by Crippen LogP contribution is -2.22. The molecule has 0 radical (unpaired) electrons. The number of carbonyl (C=O) groups excluding carboxylic acids is 1. The third kappa shape index (κ3) is 4.44.